The van der Waals surface area contributed by atoms with E-state index in [1.54, 1.807) is 27.7 Å². The lowest BCUT2D eigenvalue weighted by Crippen LogP contribution is -2.43. The van der Waals surface area contributed by atoms with Gasteiger partial charge in [-0.3, -0.25) is 14.4 Å². The summed E-state index contributed by atoms with van der Waals surface area (Å²) in [5.74, 6) is -0.200. The van der Waals surface area contributed by atoms with Gasteiger partial charge in [0, 0.05) is 16.7 Å². The van der Waals surface area contributed by atoms with Gasteiger partial charge in [0.05, 0.1) is 6.54 Å². The van der Waals surface area contributed by atoms with Gasteiger partial charge in [0.15, 0.2) is 5.78 Å². The minimum atomic E-state index is -0.674. The second kappa shape index (κ2) is 6.31. The lowest BCUT2D eigenvalue weighted by molar-refractivity contribution is -0.135. The quantitative estimate of drug-likeness (QED) is 0.771. The summed E-state index contributed by atoms with van der Waals surface area (Å²) in [5.41, 5.74) is -1.21. The van der Waals surface area contributed by atoms with Crippen molar-refractivity contribution in [2.24, 2.45) is 16.7 Å². The third-order valence-electron chi connectivity index (χ3n) is 3.52. The molecule has 0 saturated carbocycles. The topological polar surface area (TPSA) is 63.2 Å². The molecule has 0 rings (SSSR count). The molecule has 4 nitrogen and oxygen atoms in total. The Bertz CT molecular complexity index is 368. The van der Waals surface area contributed by atoms with E-state index in [0.29, 0.717) is 6.42 Å². The van der Waals surface area contributed by atoms with Crippen molar-refractivity contribution in [1.82, 2.24) is 5.32 Å². The summed E-state index contributed by atoms with van der Waals surface area (Å²) in [6.45, 7) is 12.5. The van der Waals surface area contributed by atoms with Crippen molar-refractivity contribution in [3.8, 4) is 0 Å². The fourth-order valence-corrected chi connectivity index (χ4v) is 1.92. The maximum absolute atomic E-state index is 12.1. The normalized spacial score (nSPS) is 12.4. The molecule has 0 atom stereocenters. The van der Waals surface area contributed by atoms with Crippen LogP contribution in [0.5, 0.6) is 0 Å². The minimum Gasteiger partial charge on any atom is -0.349 e. The number of rotatable bonds is 7. The van der Waals surface area contributed by atoms with Gasteiger partial charge in [-0.2, -0.15) is 0 Å². The molecule has 0 aromatic rings. The lowest BCUT2D eigenvalue weighted by atomic mass is 9.72. The molecule has 0 aliphatic carbocycles. The van der Waals surface area contributed by atoms with Gasteiger partial charge in [-0.25, -0.2) is 0 Å². The van der Waals surface area contributed by atoms with Crippen LogP contribution in [0.4, 0.5) is 0 Å². The smallest absolute Gasteiger partial charge is 0.226 e. The molecule has 19 heavy (non-hydrogen) atoms. The average molecular weight is 269 g/mol. The third kappa shape index (κ3) is 5.53. The molecule has 0 radical (unpaired) electrons. The van der Waals surface area contributed by atoms with Crippen LogP contribution in [-0.2, 0) is 14.4 Å². The number of carbonyl (C=O) groups is 3. The second-order valence-corrected chi connectivity index (χ2v) is 6.80. The van der Waals surface area contributed by atoms with Crippen molar-refractivity contribution in [3.05, 3.63) is 0 Å². The van der Waals surface area contributed by atoms with Gasteiger partial charge < -0.3 is 5.32 Å². The molecule has 0 aliphatic rings. The van der Waals surface area contributed by atoms with Crippen LogP contribution in [0.2, 0.25) is 0 Å². The first-order valence-electron chi connectivity index (χ1n) is 6.72. The number of hydrogen-bond donors (Lipinski definition) is 1. The van der Waals surface area contributed by atoms with E-state index in [9.17, 15) is 14.4 Å². The number of amides is 1. The summed E-state index contributed by atoms with van der Waals surface area (Å²) < 4.78 is 0. The zero-order chi connectivity index (χ0) is 15.4. The average Bonchev–Trinajstić information content (AvgIpc) is 2.23. The number of carbonyl (C=O) groups excluding carboxylic acids is 3. The van der Waals surface area contributed by atoms with Gasteiger partial charge in [-0.05, 0) is 13.3 Å². The highest BCUT2D eigenvalue weighted by Gasteiger charge is 2.37. The zero-order valence-corrected chi connectivity index (χ0v) is 13.2. The maximum Gasteiger partial charge on any atom is 0.226 e. The largest absolute Gasteiger partial charge is 0.349 e. The lowest BCUT2D eigenvalue weighted by Gasteiger charge is -2.32. The van der Waals surface area contributed by atoms with Gasteiger partial charge in [0.2, 0.25) is 5.91 Å². The predicted molar refractivity (Wildman–Crippen MR) is 75.7 cm³/mol. The van der Waals surface area contributed by atoms with Crippen LogP contribution in [0, 0.1) is 16.7 Å². The van der Waals surface area contributed by atoms with Crippen molar-refractivity contribution in [3.63, 3.8) is 0 Å². The molecule has 0 aromatic heterocycles. The second-order valence-electron chi connectivity index (χ2n) is 6.80. The summed E-state index contributed by atoms with van der Waals surface area (Å²) >= 11 is 0. The first-order chi connectivity index (χ1) is 8.40. The molecule has 4 heteroatoms. The van der Waals surface area contributed by atoms with Crippen molar-refractivity contribution < 1.29 is 14.4 Å². The van der Waals surface area contributed by atoms with Crippen molar-refractivity contribution >= 4 is 17.5 Å². The number of nitrogens with one attached hydrogen (secondary N) is 1. The van der Waals surface area contributed by atoms with E-state index in [1.807, 2.05) is 13.8 Å². The van der Waals surface area contributed by atoms with Crippen molar-refractivity contribution in [2.45, 2.75) is 54.9 Å². The number of Topliss-reactive ketones (excluding diaryl/α,β-unsaturated/α-hetero) is 2. The van der Waals surface area contributed by atoms with E-state index in [0.717, 1.165) is 0 Å². The first kappa shape index (κ1) is 17.8. The molecule has 0 fully saturated rings. The molecule has 0 aliphatic heterocycles. The highest BCUT2D eigenvalue weighted by molar-refractivity contribution is 5.90. The van der Waals surface area contributed by atoms with Crippen LogP contribution >= 0.6 is 0 Å². The molecule has 110 valence electrons. The minimum absolute atomic E-state index is 0.00924. The summed E-state index contributed by atoms with van der Waals surface area (Å²) in [6.07, 6.45) is 0.455. The Hall–Kier alpha value is -1.19. The Kier molecular flexibility index (Phi) is 5.91. The maximum atomic E-state index is 12.1. The Morgan fingerprint density at radius 1 is 1.00 bits per heavy atom. The highest BCUT2D eigenvalue weighted by Crippen LogP contribution is 2.34. The predicted octanol–water partition coefficient (Wildman–Crippen LogP) is 2.36. The Morgan fingerprint density at radius 3 is 1.84 bits per heavy atom. The van der Waals surface area contributed by atoms with E-state index in [2.05, 4.69) is 5.32 Å². The third-order valence-corrected chi connectivity index (χ3v) is 3.52. The number of ketones is 2. The summed E-state index contributed by atoms with van der Waals surface area (Å²) in [6, 6.07) is 0. The van der Waals surface area contributed by atoms with Crippen molar-refractivity contribution in [2.75, 3.05) is 6.54 Å². The highest BCUT2D eigenvalue weighted by atomic mass is 16.2. The van der Waals surface area contributed by atoms with Gasteiger partial charge in [0.25, 0.3) is 0 Å². The van der Waals surface area contributed by atoms with Crippen LogP contribution in [0.25, 0.3) is 0 Å². The molecule has 0 spiro atoms. The molecule has 0 aromatic carbocycles. The Morgan fingerprint density at radius 2 is 1.47 bits per heavy atom. The van der Waals surface area contributed by atoms with E-state index >= 15 is 0 Å². The first-order valence-corrected chi connectivity index (χ1v) is 6.72. The molecular weight excluding hydrogens is 242 g/mol. The van der Waals surface area contributed by atoms with Crippen molar-refractivity contribution in [1.29, 1.82) is 0 Å². The van der Waals surface area contributed by atoms with Crippen LogP contribution in [0.15, 0.2) is 0 Å². The zero-order valence-electron chi connectivity index (χ0n) is 13.2. The monoisotopic (exact) mass is 269 g/mol. The van der Waals surface area contributed by atoms with Crippen LogP contribution in [0.3, 0.4) is 0 Å². The summed E-state index contributed by atoms with van der Waals surface area (Å²) in [4.78, 5) is 35.2. The van der Waals surface area contributed by atoms with E-state index in [-0.39, 0.29) is 29.9 Å². The summed E-state index contributed by atoms with van der Waals surface area (Å²) in [5, 5.41) is 2.67. The molecule has 0 unspecified atom stereocenters. The van der Waals surface area contributed by atoms with E-state index < -0.39 is 10.8 Å². The number of hydrogen-bond acceptors (Lipinski definition) is 3. The summed E-state index contributed by atoms with van der Waals surface area (Å²) in [7, 11) is 0. The van der Waals surface area contributed by atoms with Gasteiger partial charge in [-0.1, -0.05) is 41.5 Å². The molecule has 1 N–H and O–H groups in total. The van der Waals surface area contributed by atoms with Gasteiger partial charge in [0.1, 0.15) is 5.78 Å². The molecule has 0 heterocycles. The molecular formula is C15H27NO3. The fourth-order valence-electron chi connectivity index (χ4n) is 1.92. The van der Waals surface area contributed by atoms with E-state index in [1.165, 1.54) is 6.92 Å². The van der Waals surface area contributed by atoms with Crippen LogP contribution < -0.4 is 5.32 Å². The molecule has 1 amide bonds. The Balaban J connectivity index is 4.61. The van der Waals surface area contributed by atoms with E-state index in [4.69, 9.17) is 0 Å². The fraction of sp³-hybridized carbons (Fsp3) is 0.800. The van der Waals surface area contributed by atoms with Gasteiger partial charge >= 0.3 is 0 Å². The SMILES string of the molecule is CC(=O)C(C)(C)CC(C)(C)C(=O)NCC(=O)C(C)C. The van der Waals surface area contributed by atoms with Crippen LogP contribution in [-0.4, -0.2) is 24.0 Å². The Labute approximate surface area is 116 Å². The molecule has 0 saturated heterocycles. The standard InChI is InChI=1S/C15H27NO3/c1-10(2)12(18)8-16-13(19)15(6,7)9-14(4,5)11(3)17/h10H,8-9H2,1-7H3,(H,16,19). The van der Waals surface area contributed by atoms with Crippen LogP contribution in [0.1, 0.15) is 54.9 Å². The molecule has 0 bridgehead atoms. The van der Waals surface area contributed by atoms with Gasteiger partial charge in [-0.15, -0.1) is 0 Å².